The lowest BCUT2D eigenvalue weighted by molar-refractivity contribution is 1.28. The highest BCUT2D eigenvalue weighted by molar-refractivity contribution is 6.18. The van der Waals surface area contributed by atoms with Crippen LogP contribution >= 0.6 is 0 Å². The van der Waals surface area contributed by atoms with Gasteiger partial charge in [0.2, 0.25) is 0 Å². The highest BCUT2D eigenvalue weighted by Crippen LogP contribution is 2.49. The Morgan fingerprint density at radius 2 is 1.02 bits per heavy atom. The van der Waals surface area contributed by atoms with Gasteiger partial charge < -0.3 is 4.90 Å². The van der Waals surface area contributed by atoms with Gasteiger partial charge in [0.05, 0.1) is 11.6 Å². The fraction of sp³-hybridized carbons (Fsp3) is 0.0204. The molecule has 3 heteroatoms. The second kappa shape index (κ2) is 13.0. The number of para-hydroxylation sites is 1. The largest absolute Gasteiger partial charge is 0.310 e. The number of benzene rings is 8. The van der Waals surface area contributed by atoms with Crippen LogP contribution < -0.4 is 4.90 Å². The maximum absolute atomic E-state index is 9.46. The number of aliphatic imine (C=N–C) groups is 1. The zero-order chi connectivity index (χ0) is 35.0. The average Bonchev–Trinajstić information content (AvgIpc) is 3.54. The molecular formula is C49H33N3. The monoisotopic (exact) mass is 663 g/mol. The number of hydrogen-bond acceptors (Lipinski definition) is 3. The number of nitriles is 1. The Hall–Kier alpha value is -7.02. The van der Waals surface area contributed by atoms with Crippen LogP contribution in [-0.4, -0.2) is 13.3 Å². The molecule has 0 atom stereocenters. The van der Waals surface area contributed by atoms with Crippen molar-refractivity contribution in [2.24, 2.45) is 4.99 Å². The first kappa shape index (κ1) is 31.0. The summed E-state index contributed by atoms with van der Waals surface area (Å²) in [4.78, 5) is 6.51. The van der Waals surface area contributed by atoms with E-state index in [1.54, 1.807) is 7.05 Å². The van der Waals surface area contributed by atoms with Crippen molar-refractivity contribution in [3.63, 3.8) is 0 Å². The lowest BCUT2D eigenvalue weighted by Gasteiger charge is -2.27. The fourth-order valence-electron chi connectivity index (χ4n) is 7.60. The van der Waals surface area contributed by atoms with E-state index in [-0.39, 0.29) is 0 Å². The fourth-order valence-corrected chi connectivity index (χ4v) is 7.60. The van der Waals surface area contributed by atoms with Crippen LogP contribution in [0.5, 0.6) is 0 Å². The number of anilines is 3. The van der Waals surface area contributed by atoms with Crippen molar-refractivity contribution >= 4 is 34.0 Å². The molecule has 0 aromatic heterocycles. The summed E-state index contributed by atoms with van der Waals surface area (Å²) in [7, 11) is 1.79. The van der Waals surface area contributed by atoms with Crippen molar-refractivity contribution in [3.05, 3.63) is 187 Å². The van der Waals surface area contributed by atoms with Crippen LogP contribution in [0.15, 0.2) is 181 Å². The van der Waals surface area contributed by atoms with Crippen molar-refractivity contribution < 1.29 is 0 Å². The van der Waals surface area contributed by atoms with Crippen LogP contribution in [0.3, 0.4) is 0 Å². The van der Waals surface area contributed by atoms with E-state index in [0.29, 0.717) is 5.56 Å². The summed E-state index contributed by atoms with van der Waals surface area (Å²) in [5.41, 5.74) is 16.8. The smallest absolute Gasteiger partial charge is 0.0991 e. The molecule has 8 aromatic rings. The molecule has 52 heavy (non-hydrogen) atoms. The summed E-state index contributed by atoms with van der Waals surface area (Å²) in [6, 6.07) is 64.8. The highest BCUT2D eigenvalue weighted by Gasteiger charge is 2.22. The van der Waals surface area contributed by atoms with Crippen LogP contribution in [0.25, 0.3) is 66.4 Å². The second-order valence-electron chi connectivity index (χ2n) is 13.1. The molecule has 9 rings (SSSR count). The zero-order valence-electron chi connectivity index (χ0n) is 28.7. The summed E-state index contributed by atoms with van der Waals surface area (Å²) in [5.74, 6) is 0. The molecule has 3 nitrogen and oxygen atoms in total. The van der Waals surface area contributed by atoms with E-state index in [9.17, 15) is 5.26 Å². The third-order valence-corrected chi connectivity index (χ3v) is 10.0. The minimum Gasteiger partial charge on any atom is -0.310 e. The number of nitrogens with zero attached hydrogens (tertiary/aromatic N) is 3. The Morgan fingerprint density at radius 3 is 1.67 bits per heavy atom. The van der Waals surface area contributed by atoms with Gasteiger partial charge in [-0.3, -0.25) is 4.99 Å². The van der Waals surface area contributed by atoms with Crippen molar-refractivity contribution in [2.75, 3.05) is 11.9 Å². The lowest BCUT2D eigenvalue weighted by atomic mass is 9.94. The number of hydrogen-bond donors (Lipinski definition) is 0. The molecule has 0 saturated heterocycles. The molecule has 0 heterocycles. The van der Waals surface area contributed by atoms with E-state index >= 15 is 0 Å². The standard InChI is InChI=1S/C49H33N3/c1-51-32-34-16-20-36(21-17-34)39-28-38(35-18-14-33(31-50)15-19-35)29-42(30-39)52(40-8-3-2-4-9-40)41-24-22-37(23-25-41)43-26-27-48-45-11-6-5-10-44(45)47-13-7-12-46(43)49(47)48/h2-30,32H,1H3. The van der Waals surface area contributed by atoms with Gasteiger partial charge in [-0.05, 0) is 127 Å². The first-order valence-electron chi connectivity index (χ1n) is 17.5. The van der Waals surface area contributed by atoms with E-state index < -0.39 is 0 Å². The second-order valence-corrected chi connectivity index (χ2v) is 13.1. The Bertz CT molecular complexity index is 2640. The first-order valence-corrected chi connectivity index (χ1v) is 17.5. The van der Waals surface area contributed by atoms with Crippen LogP contribution in [0.4, 0.5) is 17.1 Å². The van der Waals surface area contributed by atoms with Gasteiger partial charge in [0.1, 0.15) is 0 Å². The molecule has 0 bridgehead atoms. The van der Waals surface area contributed by atoms with Crippen LogP contribution in [0.2, 0.25) is 0 Å². The molecule has 244 valence electrons. The normalized spacial score (nSPS) is 11.5. The third-order valence-electron chi connectivity index (χ3n) is 10.0. The molecular weight excluding hydrogens is 631 g/mol. The van der Waals surface area contributed by atoms with Crippen LogP contribution in [0, 0.1) is 11.3 Å². The molecule has 8 aromatic carbocycles. The van der Waals surface area contributed by atoms with Crippen molar-refractivity contribution in [1.29, 1.82) is 5.26 Å². The molecule has 0 amide bonds. The molecule has 0 fully saturated rings. The Morgan fingerprint density at radius 1 is 0.462 bits per heavy atom. The van der Waals surface area contributed by atoms with Crippen LogP contribution in [-0.2, 0) is 0 Å². The van der Waals surface area contributed by atoms with E-state index in [0.717, 1.165) is 44.9 Å². The van der Waals surface area contributed by atoms with Gasteiger partial charge in [0.25, 0.3) is 0 Å². The van der Waals surface area contributed by atoms with Gasteiger partial charge in [-0.25, -0.2) is 0 Å². The molecule has 0 saturated carbocycles. The summed E-state index contributed by atoms with van der Waals surface area (Å²) in [6.45, 7) is 0. The number of rotatable bonds is 7. The molecule has 1 aliphatic carbocycles. The minimum absolute atomic E-state index is 0.643. The van der Waals surface area contributed by atoms with Crippen molar-refractivity contribution in [1.82, 2.24) is 0 Å². The van der Waals surface area contributed by atoms with Crippen LogP contribution in [0.1, 0.15) is 11.1 Å². The molecule has 0 aliphatic heterocycles. The maximum Gasteiger partial charge on any atom is 0.0991 e. The Labute approximate surface area is 304 Å². The SMILES string of the molecule is CN=Cc1ccc(-c2cc(-c3ccc(C#N)cc3)cc(N(c3ccccc3)c3ccc(-c4ccc5c6c(cccc46)-c4ccccc4-5)cc3)c2)cc1. The van der Waals surface area contributed by atoms with Gasteiger partial charge in [-0.2, -0.15) is 5.26 Å². The van der Waals surface area contributed by atoms with E-state index in [2.05, 4.69) is 168 Å². The Kier molecular flexibility index (Phi) is 7.76. The first-order chi connectivity index (χ1) is 25.7. The molecule has 0 unspecified atom stereocenters. The topological polar surface area (TPSA) is 39.4 Å². The quantitative estimate of drug-likeness (QED) is 0.159. The molecule has 0 spiro atoms. The third kappa shape index (κ3) is 5.44. The van der Waals surface area contributed by atoms with Crippen molar-refractivity contribution in [3.8, 4) is 61.7 Å². The van der Waals surface area contributed by atoms with Gasteiger partial charge in [0.15, 0.2) is 0 Å². The van der Waals surface area contributed by atoms with Gasteiger partial charge in [-0.15, -0.1) is 0 Å². The summed E-state index contributed by atoms with van der Waals surface area (Å²) in [6.07, 6.45) is 1.87. The molecule has 1 aliphatic rings. The minimum atomic E-state index is 0.643. The maximum atomic E-state index is 9.46. The van der Waals surface area contributed by atoms with E-state index in [1.807, 2.05) is 30.5 Å². The summed E-state index contributed by atoms with van der Waals surface area (Å²) in [5, 5.41) is 12.1. The lowest BCUT2D eigenvalue weighted by Crippen LogP contribution is -2.10. The van der Waals surface area contributed by atoms with E-state index in [4.69, 9.17) is 0 Å². The average molecular weight is 664 g/mol. The van der Waals surface area contributed by atoms with Gasteiger partial charge in [0, 0.05) is 30.3 Å². The molecule has 0 radical (unpaired) electrons. The van der Waals surface area contributed by atoms with Crippen molar-refractivity contribution in [2.45, 2.75) is 0 Å². The highest BCUT2D eigenvalue weighted by atomic mass is 15.1. The van der Waals surface area contributed by atoms with Gasteiger partial charge >= 0.3 is 0 Å². The summed E-state index contributed by atoms with van der Waals surface area (Å²) < 4.78 is 0. The predicted molar refractivity (Wildman–Crippen MR) is 218 cm³/mol. The Balaban J connectivity index is 1.17. The molecule has 0 N–H and O–H groups in total. The summed E-state index contributed by atoms with van der Waals surface area (Å²) >= 11 is 0. The predicted octanol–water partition coefficient (Wildman–Crippen LogP) is 12.9. The van der Waals surface area contributed by atoms with Gasteiger partial charge in [-0.1, -0.05) is 121 Å². The zero-order valence-corrected chi connectivity index (χ0v) is 28.7. The number of fused-ring (bicyclic) bond motifs is 3. The van der Waals surface area contributed by atoms with E-state index in [1.165, 1.54) is 44.2 Å².